The number of hydrogen-bond acceptors (Lipinski definition) is 5. The smallest absolute Gasteiger partial charge is 0.257 e. The summed E-state index contributed by atoms with van der Waals surface area (Å²) in [5.74, 6) is 0.229. The molecule has 2 N–H and O–H groups in total. The summed E-state index contributed by atoms with van der Waals surface area (Å²) in [5, 5.41) is 9.62. The Morgan fingerprint density at radius 1 is 1.03 bits per heavy atom. The van der Waals surface area contributed by atoms with Crippen molar-refractivity contribution in [3.05, 3.63) is 77.2 Å². The van der Waals surface area contributed by atoms with E-state index >= 15 is 0 Å². The van der Waals surface area contributed by atoms with Crippen LogP contribution in [0.1, 0.15) is 27.4 Å². The van der Waals surface area contributed by atoms with Crippen molar-refractivity contribution >= 4 is 23.2 Å². The van der Waals surface area contributed by atoms with Crippen LogP contribution in [0.4, 0.5) is 11.4 Å². The second-order valence-corrected chi connectivity index (χ2v) is 7.02. The second kappa shape index (κ2) is 9.16. The van der Waals surface area contributed by atoms with Gasteiger partial charge in [-0.25, -0.2) is 0 Å². The summed E-state index contributed by atoms with van der Waals surface area (Å²) in [7, 11) is 1.82. The predicted molar refractivity (Wildman–Crippen MR) is 112 cm³/mol. The van der Waals surface area contributed by atoms with E-state index in [1.165, 1.54) is 0 Å². The van der Waals surface area contributed by atoms with Crippen molar-refractivity contribution in [1.82, 2.24) is 10.1 Å². The molecule has 0 saturated heterocycles. The van der Waals surface area contributed by atoms with Crippen LogP contribution in [0.25, 0.3) is 0 Å². The van der Waals surface area contributed by atoms with Crippen LogP contribution in [0, 0.1) is 13.8 Å². The lowest BCUT2D eigenvalue weighted by atomic mass is 10.1. The van der Waals surface area contributed by atoms with E-state index in [0.29, 0.717) is 23.5 Å². The largest absolute Gasteiger partial charge is 0.361 e. The van der Waals surface area contributed by atoms with E-state index in [9.17, 15) is 9.59 Å². The van der Waals surface area contributed by atoms with Gasteiger partial charge in [0.1, 0.15) is 5.76 Å². The van der Waals surface area contributed by atoms with Gasteiger partial charge in [-0.15, -0.1) is 0 Å². The molecule has 0 atom stereocenters. The van der Waals surface area contributed by atoms with Gasteiger partial charge in [0, 0.05) is 18.3 Å². The molecule has 0 saturated carbocycles. The number of aryl methyl sites for hydroxylation is 2. The number of carbonyl (C=O) groups excluding carboxylic acids is 2. The van der Waals surface area contributed by atoms with Gasteiger partial charge in [0.05, 0.1) is 23.5 Å². The molecular formula is C22H24N4O3. The first kappa shape index (κ1) is 20.3. The van der Waals surface area contributed by atoms with Crippen molar-refractivity contribution in [3.63, 3.8) is 0 Å². The molecule has 7 nitrogen and oxygen atoms in total. The Labute approximate surface area is 169 Å². The molecule has 2 aromatic carbocycles. The molecule has 1 aromatic heterocycles. The number of carbonyl (C=O) groups is 2. The van der Waals surface area contributed by atoms with Crippen LogP contribution >= 0.6 is 0 Å². The number of rotatable bonds is 7. The molecule has 3 rings (SSSR count). The summed E-state index contributed by atoms with van der Waals surface area (Å²) in [5.41, 5.74) is 3.38. The van der Waals surface area contributed by atoms with Gasteiger partial charge in [0.2, 0.25) is 5.91 Å². The Bertz CT molecular complexity index is 1010. The highest BCUT2D eigenvalue weighted by molar-refractivity contribution is 6.10. The van der Waals surface area contributed by atoms with E-state index in [-0.39, 0.29) is 18.4 Å². The lowest BCUT2D eigenvalue weighted by molar-refractivity contribution is -0.117. The maximum atomic E-state index is 12.7. The summed E-state index contributed by atoms with van der Waals surface area (Å²) in [6.07, 6.45) is 0. The molecule has 0 spiro atoms. The Kier molecular flexibility index (Phi) is 6.41. The Hall–Kier alpha value is -3.45. The highest BCUT2D eigenvalue weighted by atomic mass is 16.5. The second-order valence-electron chi connectivity index (χ2n) is 7.02. The summed E-state index contributed by atoms with van der Waals surface area (Å²) in [4.78, 5) is 27.0. The van der Waals surface area contributed by atoms with E-state index in [4.69, 9.17) is 4.52 Å². The zero-order valence-electron chi connectivity index (χ0n) is 16.7. The van der Waals surface area contributed by atoms with Crippen LogP contribution in [0.5, 0.6) is 0 Å². The van der Waals surface area contributed by atoms with Gasteiger partial charge in [0.25, 0.3) is 5.91 Å². The van der Waals surface area contributed by atoms with Crippen molar-refractivity contribution in [2.24, 2.45) is 0 Å². The molecule has 2 amide bonds. The van der Waals surface area contributed by atoms with Crippen LogP contribution in [0.15, 0.2) is 59.1 Å². The van der Waals surface area contributed by atoms with E-state index in [2.05, 4.69) is 15.8 Å². The molecule has 0 aliphatic rings. The van der Waals surface area contributed by atoms with Gasteiger partial charge in [0.15, 0.2) is 0 Å². The van der Waals surface area contributed by atoms with Crippen molar-refractivity contribution < 1.29 is 14.1 Å². The SMILES string of the molecule is Cc1cccc(NC(=O)c2ccccc2NC(=O)CN(C)Cc2cc(C)on2)c1. The number of benzene rings is 2. The molecule has 1 heterocycles. The van der Waals surface area contributed by atoms with Gasteiger partial charge >= 0.3 is 0 Å². The number of hydrogen-bond donors (Lipinski definition) is 2. The number of nitrogens with one attached hydrogen (secondary N) is 2. The first-order chi connectivity index (χ1) is 13.9. The van der Waals surface area contributed by atoms with Gasteiger partial charge in [-0.1, -0.05) is 29.4 Å². The van der Waals surface area contributed by atoms with Gasteiger partial charge < -0.3 is 15.2 Å². The fourth-order valence-electron chi connectivity index (χ4n) is 2.97. The summed E-state index contributed by atoms with van der Waals surface area (Å²) >= 11 is 0. The molecule has 3 aromatic rings. The minimum absolute atomic E-state index is 0.153. The minimum Gasteiger partial charge on any atom is -0.361 e. The zero-order valence-corrected chi connectivity index (χ0v) is 16.7. The highest BCUT2D eigenvalue weighted by Gasteiger charge is 2.15. The lowest BCUT2D eigenvalue weighted by Gasteiger charge is -2.16. The Balaban J connectivity index is 1.63. The zero-order chi connectivity index (χ0) is 20.8. The normalized spacial score (nSPS) is 10.8. The number of likely N-dealkylation sites (N-methyl/N-ethyl adjacent to an activating group) is 1. The van der Waals surface area contributed by atoms with Crippen molar-refractivity contribution in [3.8, 4) is 0 Å². The molecule has 0 radical (unpaired) electrons. The molecular weight excluding hydrogens is 368 g/mol. The van der Waals surface area contributed by atoms with E-state index < -0.39 is 0 Å². The highest BCUT2D eigenvalue weighted by Crippen LogP contribution is 2.18. The molecule has 7 heteroatoms. The quantitative estimate of drug-likeness (QED) is 0.641. The molecule has 0 aliphatic carbocycles. The van der Waals surface area contributed by atoms with Crippen LogP contribution in [0.2, 0.25) is 0 Å². The van der Waals surface area contributed by atoms with Crippen molar-refractivity contribution in [1.29, 1.82) is 0 Å². The fraction of sp³-hybridized carbons (Fsp3) is 0.227. The number of anilines is 2. The summed E-state index contributed by atoms with van der Waals surface area (Å²) in [6, 6.07) is 16.3. The minimum atomic E-state index is -0.280. The van der Waals surface area contributed by atoms with Gasteiger partial charge in [-0.3, -0.25) is 14.5 Å². The van der Waals surface area contributed by atoms with Gasteiger partial charge in [-0.2, -0.15) is 0 Å². The molecule has 0 aliphatic heterocycles. The van der Waals surface area contributed by atoms with Crippen molar-refractivity contribution in [2.75, 3.05) is 24.2 Å². The van der Waals surface area contributed by atoms with E-state index in [0.717, 1.165) is 17.0 Å². The fourth-order valence-corrected chi connectivity index (χ4v) is 2.97. The molecule has 150 valence electrons. The molecule has 0 fully saturated rings. The standard InChI is InChI=1S/C22H24N4O3/c1-15-7-6-8-17(11-15)23-22(28)19-9-4-5-10-20(19)24-21(27)14-26(3)13-18-12-16(2)29-25-18/h4-12H,13-14H2,1-3H3,(H,23,28)(H,24,27). The number of amides is 2. The van der Waals surface area contributed by atoms with Crippen LogP contribution in [-0.2, 0) is 11.3 Å². The lowest BCUT2D eigenvalue weighted by Crippen LogP contribution is -2.30. The van der Waals surface area contributed by atoms with Crippen LogP contribution in [-0.4, -0.2) is 35.5 Å². The Morgan fingerprint density at radius 2 is 1.83 bits per heavy atom. The van der Waals surface area contributed by atoms with E-state index in [1.54, 1.807) is 24.3 Å². The van der Waals surface area contributed by atoms with Crippen LogP contribution in [0.3, 0.4) is 0 Å². The molecule has 0 unspecified atom stereocenters. The number of nitrogens with zero attached hydrogens (tertiary/aromatic N) is 2. The monoisotopic (exact) mass is 392 g/mol. The van der Waals surface area contributed by atoms with Crippen molar-refractivity contribution in [2.45, 2.75) is 20.4 Å². The number of aromatic nitrogens is 1. The third-order valence-electron chi connectivity index (χ3n) is 4.24. The number of para-hydroxylation sites is 1. The first-order valence-corrected chi connectivity index (χ1v) is 9.28. The third kappa shape index (κ3) is 5.76. The maximum Gasteiger partial charge on any atom is 0.257 e. The summed E-state index contributed by atoms with van der Waals surface area (Å²) in [6.45, 7) is 4.42. The maximum absolute atomic E-state index is 12.7. The topological polar surface area (TPSA) is 87.5 Å². The summed E-state index contributed by atoms with van der Waals surface area (Å²) < 4.78 is 5.04. The molecule has 29 heavy (non-hydrogen) atoms. The first-order valence-electron chi connectivity index (χ1n) is 9.28. The molecule has 0 bridgehead atoms. The van der Waals surface area contributed by atoms with Crippen LogP contribution < -0.4 is 10.6 Å². The van der Waals surface area contributed by atoms with E-state index in [1.807, 2.05) is 56.1 Å². The third-order valence-corrected chi connectivity index (χ3v) is 4.24. The van der Waals surface area contributed by atoms with Gasteiger partial charge in [-0.05, 0) is 50.7 Å². The average Bonchev–Trinajstić information content (AvgIpc) is 3.06. The predicted octanol–water partition coefficient (Wildman–Crippen LogP) is 3.61. The average molecular weight is 392 g/mol. The Morgan fingerprint density at radius 3 is 2.55 bits per heavy atom.